The fourth-order valence-corrected chi connectivity index (χ4v) is 2.72. The summed E-state index contributed by atoms with van der Waals surface area (Å²) in [6.07, 6.45) is -0.671. The number of amides is 2. The van der Waals surface area contributed by atoms with Crippen molar-refractivity contribution < 1.29 is 23.7 Å². The summed E-state index contributed by atoms with van der Waals surface area (Å²) < 4.78 is 10.9. The van der Waals surface area contributed by atoms with Crippen LogP contribution in [-0.4, -0.2) is 28.6 Å². The van der Waals surface area contributed by atoms with Crippen LogP contribution in [0.3, 0.4) is 0 Å². The minimum atomic E-state index is -0.794. The third kappa shape index (κ3) is 7.26. The lowest BCUT2D eigenvalue weighted by Gasteiger charge is -2.26. The van der Waals surface area contributed by atoms with Crippen molar-refractivity contribution in [2.75, 3.05) is 0 Å². The van der Waals surface area contributed by atoms with E-state index in [0.717, 1.165) is 0 Å². The largest absolute Gasteiger partial charge is 0.459 e. The quantitative estimate of drug-likeness (QED) is 0.389. The third-order valence-corrected chi connectivity index (χ3v) is 4.14. The Hall–Kier alpha value is -3.68. The average molecular weight is 433 g/mol. The van der Waals surface area contributed by atoms with Crippen LogP contribution < -0.4 is 10.6 Å². The zero-order valence-corrected chi connectivity index (χ0v) is 18.3. The zero-order chi connectivity index (χ0) is 23.9. The van der Waals surface area contributed by atoms with Gasteiger partial charge < -0.3 is 19.8 Å². The van der Waals surface area contributed by atoms with Crippen LogP contribution in [0.4, 0.5) is 10.5 Å². The molecule has 0 fully saturated rings. The molecule has 2 amide bonds. The summed E-state index contributed by atoms with van der Waals surface area (Å²) in [5, 5.41) is 28.9. The van der Waals surface area contributed by atoms with Crippen molar-refractivity contribution in [3.63, 3.8) is 0 Å². The van der Waals surface area contributed by atoms with Crippen LogP contribution >= 0.6 is 0 Å². The van der Waals surface area contributed by atoms with Crippen LogP contribution in [0.2, 0.25) is 0 Å². The molecule has 11 heteroatoms. The van der Waals surface area contributed by atoms with E-state index in [1.54, 1.807) is 33.8 Å². The molecule has 0 aliphatic rings. The Bertz CT molecular complexity index is 960. The van der Waals surface area contributed by atoms with Gasteiger partial charge in [0.15, 0.2) is 0 Å². The van der Waals surface area contributed by atoms with E-state index in [4.69, 9.17) is 19.9 Å². The van der Waals surface area contributed by atoms with Crippen molar-refractivity contribution in [3.8, 4) is 0 Å². The molecule has 1 heterocycles. The summed E-state index contributed by atoms with van der Waals surface area (Å²) in [4.78, 5) is 35.2. The van der Waals surface area contributed by atoms with Crippen LogP contribution in [0.1, 0.15) is 53.3 Å². The molecular formula is C20H27N5O6. The van der Waals surface area contributed by atoms with Gasteiger partial charge in [0.1, 0.15) is 23.0 Å². The van der Waals surface area contributed by atoms with Crippen molar-refractivity contribution in [2.45, 2.75) is 59.2 Å². The van der Waals surface area contributed by atoms with E-state index in [-0.39, 0.29) is 17.5 Å². The molecule has 11 nitrogen and oxygen atoms in total. The number of carbonyl (C=O) groups excluding carboxylic acids is 2. The molecule has 2 atom stereocenters. The first-order valence-corrected chi connectivity index (χ1v) is 9.55. The van der Waals surface area contributed by atoms with Crippen molar-refractivity contribution in [3.05, 3.63) is 40.1 Å². The lowest BCUT2D eigenvalue weighted by Crippen LogP contribution is -2.51. The number of carbonyl (C=O) groups is 2. The minimum Gasteiger partial charge on any atom is -0.459 e. The lowest BCUT2D eigenvalue weighted by atomic mass is 10.0. The molecule has 2 N–H and O–H groups in total. The van der Waals surface area contributed by atoms with Crippen LogP contribution in [0.25, 0.3) is 11.0 Å². The van der Waals surface area contributed by atoms with E-state index in [1.807, 2.05) is 13.8 Å². The van der Waals surface area contributed by atoms with Crippen LogP contribution in [0.15, 0.2) is 28.7 Å². The topological polar surface area (TPSA) is 171 Å². The molecule has 0 spiro atoms. The van der Waals surface area contributed by atoms with Gasteiger partial charge in [-0.25, -0.2) is 4.79 Å². The molecule has 168 valence electrons. The molecule has 0 bridgehead atoms. The Labute approximate surface area is 179 Å². The molecule has 31 heavy (non-hydrogen) atoms. The number of hydrogen-bond acceptors (Lipinski definition) is 8. The maximum Gasteiger partial charge on any atom is 0.408 e. The number of alkyl carbamates (subject to hydrolysis) is 1. The monoisotopic (exact) mass is 433 g/mol. The molecule has 1 aromatic heterocycles. The highest BCUT2D eigenvalue weighted by Gasteiger charge is 2.28. The van der Waals surface area contributed by atoms with Gasteiger partial charge >= 0.3 is 6.09 Å². The van der Waals surface area contributed by atoms with E-state index in [1.165, 1.54) is 18.2 Å². The maximum atomic E-state index is 12.7. The Morgan fingerprint density at radius 1 is 1.13 bits per heavy atom. The molecule has 1 unspecified atom stereocenters. The van der Waals surface area contributed by atoms with Gasteiger partial charge in [-0.15, -0.1) is 0 Å². The summed E-state index contributed by atoms with van der Waals surface area (Å²) >= 11 is 0. The SMILES string of the molecule is CC(NC(=O)[C@@H](NC(=O)OC(C)(C)C)C(C)C)c1cc2cc([N+](=O)[O-])ccc2o1.N#N. The molecule has 0 saturated carbocycles. The first kappa shape index (κ1) is 25.4. The first-order chi connectivity index (χ1) is 14.4. The van der Waals surface area contributed by atoms with E-state index in [2.05, 4.69) is 10.6 Å². The number of ether oxygens (including phenoxy) is 1. The van der Waals surface area contributed by atoms with Gasteiger partial charge in [0.25, 0.3) is 5.69 Å². The predicted octanol–water partition coefficient (Wildman–Crippen LogP) is 4.10. The molecule has 0 radical (unpaired) electrons. The molecule has 0 aliphatic heterocycles. The number of nitrogens with zero attached hydrogens (tertiary/aromatic N) is 3. The van der Waals surface area contributed by atoms with Gasteiger partial charge in [-0.05, 0) is 45.7 Å². The second kappa shape index (κ2) is 10.4. The van der Waals surface area contributed by atoms with Crippen molar-refractivity contribution >= 4 is 28.7 Å². The zero-order valence-electron chi connectivity index (χ0n) is 18.3. The number of fused-ring (bicyclic) bond motifs is 1. The minimum absolute atomic E-state index is 0.0389. The van der Waals surface area contributed by atoms with E-state index in [0.29, 0.717) is 16.7 Å². The van der Waals surface area contributed by atoms with Gasteiger partial charge in [0, 0.05) is 28.3 Å². The highest BCUT2D eigenvalue weighted by molar-refractivity contribution is 5.86. The summed E-state index contributed by atoms with van der Waals surface area (Å²) in [5.74, 6) is -0.105. The number of rotatable bonds is 6. The smallest absolute Gasteiger partial charge is 0.408 e. The van der Waals surface area contributed by atoms with E-state index >= 15 is 0 Å². The second-order valence-electron chi connectivity index (χ2n) is 8.23. The summed E-state index contributed by atoms with van der Waals surface area (Å²) in [5.41, 5.74) is -0.228. The first-order valence-electron chi connectivity index (χ1n) is 9.55. The maximum absolute atomic E-state index is 12.7. The van der Waals surface area contributed by atoms with Gasteiger partial charge in [0.2, 0.25) is 5.91 Å². The Balaban J connectivity index is 0.00000233. The fraction of sp³-hybridized carbons (Fsp3) is 0.500. The molecule has 2 aromatic rings. The van der Waals surface area contributed by atoms with Crippen molar-refractivity contribution in [2.24, 2.45) is 5.92 Å². The number of nitro benzene ring substituents is 1. The van der Waals surface area contributed by atoms with Crippen LogP contribution in [0, 0.1) is 26.8 Å². The molecule has 2 rings (SSSR count). The normalized spacial score (nSPS) is 12.9. The third-order valence-electron chi connectivity index (χ3n) is 4.14. The van der Waals surface area contributed by atoms with Gasteiger partial charge in [-0.3, -0.25) is 14.9 Å². The van der Waals surface area contributed by atoms with Gasteiger partial charge in [-0.2, -0.15) is 0 Å². The van der Waals surface area contributed by atoms with Gasteiger partial charge in [0.05, 0.1) is 11.0 Å². The van der Waals surface area contributed by atoms with Gasteiger partial charge in [-0.1, -0.05) is 13.8 Å². The highest BCUT2D eigenvalue weighted by Crippen LogP contribution is 2.27. The number of benzene rings is 1. The van der Waals surface area contributed by atoms with E-state index in [9.17, 15) is 19.7 Å². The van der Waals surface area contributed by atoms with Crippen molar-refractivity contribution in [1.29, 1.82) is 10.8 Å². The van der Waals surface area contributed by atoms with E-state index < -0.39 is 28.7 Å². The number of furan rings is 1. The summed E-state index contributed by atoms with van der Waals surface area (Å²) in [7, 11) is 0. The fourth-order valence-electron chi connectivity index (χ4n) is 2.72. The highest BCUT2D eigenvalue weighted by atomic mass is 16.6. The Kier molecular flexibility index (Phi) is 8.49. The molecule has 0 saturated heterocycles. The number of non-ortho nitro benzene ring substituents is 1. The van der Waals surface area contributed by atoms with Crippen molar-refractivity contribution in [1.82, 2.24) is 10.6 Å². The standard InChI is InChI=1S/C20H27N3O6.N2/c1-11(2)17(22-19(25)29-20(4,5)6)18(24)21-12(3)16-10-13-9-14(23(26)27)7-8-15(13)28-16;1-2/h7-12,17H,1-6H3,(H,21,24)(H,22,25);/t12?,17-;/m0./s1. The lowest BCUT2D eigenvalue weighted by molar-refractivity contribution is -0.384. The number of nitro groups is 1. The molecule has 1 aromatic carbocycles. The average Bonchev–Trinajstić information content (AvgIpc) is 3.09. The summed E-state index contributed by atoms with van der Waals surface area (Å²) in [6.45, 7) is 10.6. The Morgan fingerprint density at radius 2 is 1.74 bits per heavy atom. The van der Waals surface area contributed by atoms with Crippen LogP contribution in [-0.2, 0) is 9.53 Å². The second-order valence-corrected chi connectivity index (χ2v) is 8.23. The Morgan fingerprint density at radius 3 is 2.26 bits per heavy atom. The van der Waals surface area contributed by atoms with Crippen LogP contribution in [0.5, 0.6) is 0 Å². The molecule has 0 aliphatic carbocycles. The summed E-state index contributed by atoms with van der Waals surface area (Å²) in [6, 6.07) is 4.65. The molecular weight excluding hydrogens is 406 g/mol. The predicted molar refractivity (Wildman–Crippen MR) is 111 cm³/mol. The number of nitrogens with one attached hydrogen (secondary N) is 2. The number of hydrogen-bond donors (Lipinski definition) is 2.